The van der Waals surface area contributed by atoms with Gasteiger partial charge in [-0.2, -0.15) is 0 Å². The van der Waals surface area contributed by atoms with Crippen LogP contribution in [0.1, 0.15) is 39.1 Å². The van der Waals surface area contributed by atoms with Gasteiger partial charge < -0.3 is 15.4 Å². The number of nitrogens with one attached hydrogen (secondary N) is 3. The Morgan fingerprint density at radius 2 is 1.97 bits per heavy atom. The predicted molar refractivity (Wildman–Crippen MR) is 112 cm³/mol. The second-order valence-electron chi connectivity index (χ2n) is 7.92. The molecule has 2 aromatic rings. The highest BCUT2D eigenvalue weighted by molar-refractivity contribution is 6.24. The fourth-order valence-electron chi connectivity index (χ4n) is 4.03. The zero-order chi connectivity index (χ0) is 22.2. The number of hydrogen-bond donors (Lipinski definition) is 3. The number of fused-ring (bicyclic) bond motifs is 1. The van der Waals surface area contributed by atoms with Crippen molar-refractivity contribution in [2.24, 2.45) is 0 Å². The maximum absolute atomic E-state index is 13.2. The van der Waals surface area contributed by atoms with Crippen molar-refractivity contribution in [1.82, 2.24) is 20.5 Å². The highest BCUT2D eigenvalue weighted by Crippen LogP contribution is 2.30. The normalized spacial score (nSPS) is 20.6. The Bertz CT molecular complexity index is 1130. The van der Waals surface area contributed by atoms with Crippen molar-refractivity contribution >= 4 is 29.3 Å². The predicted octanol–water partition coefficient (Wildman–Crippen LogP) is 0.446. The maximum atomic E-state index is 13.2. The summed E-state index contributed by atoms with van der Waals surface area (Å²) in [5.41, 5.74) is 1.94. The van der Waals surface area contributed by atoms with Gasteiger partial charge in [0.05, 0.1) is 11.1 Å². The van der Waals surface area contributed by atoms with Crippen LogP contribution < -0.4 is 20.7 Å². The van der Waals surface area contributed by atoms with Gasteiger partial charge in [0.1, 0.15) is 12.1 Å². The summed E-state index contributed by atoms with van der Waals surface area (Å²) >= 11 is 0. The molecule has 2 fully saturated rings. The van der Waals surface area contributed by atoms with Crippen molar-refractivity contribution in [3.05, 3.63) is 53.2 Å². The van der Waals surface area contributed by atoms with E-state index in [-0.39, 0.29) is 30.1 Å². The maximum Gasteiger partial charge on any atom is 0.262 e. The van der Waals surface area contributed by atoms with Crippen molar-refractivity contribution in [3.63, 3.8) is 0 Å². The average molecular weight is 435 g/mol. The number of piperidine rings is 1. The van der Waals surface area contributed by atoms with Crippen LogP contribution in [-0.2, 0) is 16.1 Å². The van der Waals surface area contributed by atoms with Gasteiger partial charge in [-0.1, -0.05) is 12.1 Å². The standard InChI is InChI=1S/C22H21N5O5/c28-17-5-4-16(20(29)26-17)27-21(30)15-3-1-2-12(19(15)22(27)31)9-25-13-6-7-24-18(8-13)32-14-10-23-11-14/h1-3,6-8,14,16,23H,4-5,9-11H2,(H,24,25)(H,26,28,29). The molecule has 1 atom stereocenters. The summed E-state index contributed by atoms with van der Waals surface area (Å²) in [6.07, 6.45) is 1.96. The van der Waals surface area contributed by atoms with Gasteiger partial charge in [-0.3, -0.25) is 29.4 Å². The van der Waals surface area contributed by atoms with E-state index in [2.05, 4.69) is 20.9 Å². The van der Waals surface area contributed by atoms with Gasteiger partial charge in [0.2, 0.25) is 17.7 Å². The monoisotopic (exact) mass is 435 g/mol. The summed E-state index contributed by atoms with van der Waals surface area (Å²) in [6, 6.07) is 7.64. The molecule has 4 heterocycles. The highest BCUT2D eigenvalue weighted by Gasteiger charge is 2.45. The van der Waals surface area contributed by atoms with Gasteiger partial charge in [0, 0.05) is 44.0 Å². The average Bonchev–Trinajstić information content (AvgIpc) is 3.01. The van der Waals surface area contributed by atoms with Crippen molar-refractivity contribution in [2.75, 3.05) is 18.4 Å². The summed E-state index contributed by atoms with van der Waals surface area (Å²) in [5, 5.41) is 8.58. The van der Waals surface area contributed by atoms with E-state index < -0.39 is 29.7 Å². The molecule has 0 radical (unpaired) electrons. The van der Waals surface area contributed by atoms with Gasteiger partial charge >= 0.3 is 0 Å². The molecule has 3 aliphatic heterocycles. The largest absolute Gasteiger partial charge is 0.472 e. The van der Waals surface area contributed by atoms with Crippen molar-refractivity contribution in [3.8, 4) is 5.88 Å². The molecule has 164 valence electrons. The number of rotatable bonds is 6. The lowest BCUT2D eigenvalue weighted by molar-refractivity contribution is -0.136. The molecular formula is C22H21N5O5. The van der Waals surface area contributed by atoms with Crippen LogP contribution in [-0.4, -0.2) is 58.7 Å². The number of benzene rings is 1. The summed E-state index contributed by atoms with van der Waals surface area (Å²) in [5.74, 6) is -1.55. The van der Waals surface area contributed by atoms with E-state index in [1.165, 1.54) is 0 Å². The molecule has 0 bridgehead atoms. The third-order valence-corrected chi connectivity index (χ3v) is 5.80. The number of pyridine rings is 1. The Morgan fingerprint density at radius 1 is 1.12 bits per heavy atom. The van der Waals surface area contributed by atoms with Crippen LogP contribution in [0.25, 0.3) is 0 Å². The smallest absolute Gasteiger partial charge is 0.262 e. The lowest BCUT2D eigenvalue weighted by Gasteiger charge is -2.27. The van der Waals surface area contributed by atoms with Crippen LogP contribution in [0.15, 0.2) is 36.5 Å². The van der Waals surface area contributed by atoms with Crippen LogP contribution >= 0.6 is 0 Å². The molecule has 0 aliphatic carbocycles. The first-order chi connectivity index (χ1) is 15.5. The number of nitrogens with zero attached hydrogens (tertiary/aromatic N) is 2. The molecule has 1 aromatic carbocycles. The SMILES string of the molecule is O=C1CCC(N2C(=O)c3cccc(CNc4ccnc(OC5CNC5)c4)c3C2=O)C(=O)N1. The van der Waals surface area contributed by atoms with E-state index in [1.54, 1.807) is 36.5 Å². The van der Waals surface area contributed by atoms with Crippen molar-refractivity contribution < 1.29 is 23.9 Å². The first kappa shape index (κ1) is 20.1. The van der Waals surface area contributed by atoms with E-state index in [9.17, 15) is 19.2 Å². The van der Waals surface area contributed by atoms with Crippen LogP contribution in [0.4, 0.5) is 5.69 Å². The van der Waals surface area contributed by atoms with Gasteiger partial charge in [-0.15, -0.1) is 0 Å². The number of carbonyl (C=O) groups excluding carboxylic acids is 4. The fourth-order valence-corrected chi connectivity index (χ4v) is 4.03. The van der Waals surface area contributed by atoms with E-state index in [0.29, 0.717) is 18.0 Å². The Kier molecular flexibility index (Phi) is 5.06. The second kappa shape index (κ2) is 8.04. The molecule has 5 rings (SSSR count). The van der Waals surface area contributed by atoms with Gasteiger partial charge in [0.15, 0.2) is 0 Å². The zero-order valence-electron chi connectivity index (χ0n) is 17.1. The first-order valence-electron chi connectivity index (χ1n) is 10.4. The summed E-state index contributed by atoms with van der Waals surface area (Å²) in [6.45, 7) is 1.87. The Balaban J connectivity index is 1.34. The molecule has 0 spiro atoms. The number of anilines is 1. The minimum atomic E-state index is -0.984. The van der Waals surface area contributed by atoms with E-state index in [4.69, 9.17) is 4.74 Å². The Morgan fingerprint density at radius 3 is 2.72 bits per heavy atom. The number of carbonyl (C=O) groups is 4. The topological polar surface area (TPSA) is 130 Å². The summed E-state index contributed by atoms with van der Waals surface area (Å²) in [4.78, 5) is 55.0. The Labute approximate surface area is 183 Å². The van der Waals surface area contributed by atoms with E-state index in [0.717, 1.165) is 23.7 Å². The minimum Gasteiger partial charge on any atom is -0.472 e. The molecule has 32 heavy (non-hydrogen) atoms. The van der Waals surface area contributed by atoms with Gasteiger partial charge in [-0.25, -0.2) is 4.98 Å². The Hall–Kier alpha value is -3.79. The first-order valence-corrected chi connectivity index (χ1v) is 10.4. The number of ether oxygens (including phenoxy) is 1. The molecule has 2 saturated heterocycles. The zero-order valence-corrected chi connectivity index (χ0v) is 17.1. The fraction of sp³-hybridized carbons (Fsp3) is 0.318. The summed E-state index contributed by atoms with van der Waals surface area (Å²) in [7, 11) is 0. The number of aromatic nitrogens is 1. The highest BCUT2D eigenvalue weighted by atomic mass is 16.5. The molecule has 10 heteroatoms. The quantitative estimate of drug-likeness (QED) is 0.558. The third kappa shape index (κ3) is 3.58. The van der Waals surface area contributed by atoms with Crippen molar-refractivity contribution in [1.29, 1.82) is 0 Å². The van der Waals surface area contributed by atoms with Crippen LogP contribution in [0.2, 0.25) is 0 Å². The third-order valence-electron chi connectivity index (χ3n) is 5.80. The summed E-state index contributed by atoms with van der Waals surface area (Å²) < 4.78 is 5.77. The second-order valence-corrected chi connectivity index (χ2v) is 7.92. The molecule has 3 aliphatic rings. The van der Waals surface area contributed by atoms with Gasteiger partial charge in [0.25, 0.3) is 11.8 Å². The number of amides is 4. The molecule has 10 nitrogen and oxygen atoms in total. The molecular weight excluding hydrogens is 414 g/mol. The molecule has 0 saturated carbocycles. The van der Waals surface area contributed by atoms with E-state index in [1.807, 2.05) is 0 Å². The number of imide groups is 2. The molecule has 1 aromatic heterocycles. The van der Waals surface area contributed by atoms with Crippen LogP contribution in [0.5, 0.6) is 5.88 Å². The molecule has 3 N–H and O–H groups in total. The van der Waals surface area contributed by atoms with Crippen LogP contribution in [0.3, 0.4) is 0 Å². The lowest BCUT2D eigenvalue weighted by atomic mass is 10.0. The van der Waals surface area contributed by atoms with E-state index >= 15 is 0 Å². The molecule has 1 unspecified atom stereocenters. The van der Waals surface area contributed by atoms with Crippen molar-refractivity contribution in [2.45, 2.75) is 31.5 Å². The molecule has 4 amide bonds. The van der Waals surface area contributed by atoms with Gasteiger partial charge in [-0.05, 0) is 24.1 Å². The number of hydrogen-bond acceptors (Lipinski definition) is 8. The van der Waals surface area contributed by atoms with Crippen LogP contribution in [0, 0.1) is 0 Å². The minimum absolute atomic E-state index is 0.0849. The lowest BCUT2D eigenvalue weighted by Crippen LogP contribution is -2.54.